The number of Topliss-reactive ketones (excluding diaryl/α,β-unsaturated/α-hetero) is 1. The largest absolute Gasteiger partial charge is 0.385 e. The summed E-state index contributed by atoms with van der Waals surface area (Å²) in [6.45, 7) is 22.3. The van der Waals surface area contributed by atoms with Crippen molar-refractivity contribution in [3.8, 4) is 0 Å². The van der Waals surface area contributed by atoms with Crippen molar-refractivity contribution in [3.05, 3.63) is 78.6 Å². The highest BCUT2D eigenvalue weighted by molar-refractivity contribution is 5.94. The first-order valence-corrected chi connectivity index (χ1v) is 13.0. The first-order valence-electron chi connectivity index (χ1n) is 13.0. The van der Waals surface area contributed by atoms with Crippen molar-refractivity contribution in [1.29, 1.82) is 0 Å². The lowest BCUT2D eigenvalue weighted by atomic mass is 10.1. The molecule has 0 aromatic heterocycles. The zero-order chi connectivity index (χ0) is 27.1. The molecule has 1 aliphatic carbocycles. The smallest absolute Gasteiger partial charge is 0.159 e. The highest BCUT2D eigenvalue weighted by Crippen LogP contribution is 2.26. The number of nitrogens with zero attached hydrogens (tertiary/aromatic N) is 2. The number of likely N-dealkylation sites (N-methyl/N-ethyl adjacent to an activating group) is 1. The summed E-state index contributed by atoms with van der Waals surface area (Å²) in [4.78, 5) is 15.4. The van der Waals surface area contributed by atoms with Gasteiger partial charge < -0.3 is 15.1 Å². The molecule has 0 unspecified atom stereocenters. The average molecular weight is 496 g/mol. The minimum Gasteiger partial charge on any atom is -0.385 e. The fourth-order valence-electron chi connectivity index (χ4n) is 3.47. The van der Waals surface area contributed by atoms with E-state index in [0.717, 1.165) is 45.1 Å². The first-order chi connectivity index (χ1) is 17.2. The number of hydrogen-bond acceptors (Lipinski definition) is 4. The van der Waals surface area contributed by atoms with E-state index in [4.69, 9.17) is 0 Å². The Morgan fingerprint density at radius 3 is 2.19 bits per heavy atom. The minimum absolute atomic E-state index is 0.103. The van der Waals surface area contributed by atoms with Crippen LogP contribution in [-0.2, 0) is 0 Å². The van der Waals surface area contributed by atoms with Crippen LogP contribution in [0.4, 0.5) is 15.8 Å². The third-order valence-corrected chi connectivity index (χ3v) is 6.06. The zero-order valence-corrected chi connectivity index (χ0v) is 23.1. The van der Waals surface area contributed by atoms with Gasteiger partial charge in [-0.2, -0.15) is 0 Å². The summed E-state index contributed by atoms with van der Waals surface area (Å²) in [5.74, 6) is 0.677. The topological polar surface area (TPSA) is 35.6 Å². The normalized spacial score (nSPS) is 14.7. The standard InChI is InChI=1S/C13H17FN2O.C12H17N.C4H8.C2H4/c1-10(17)11-3-4-13(12(14)9-11)16-7-5-15(2)6-8-16;1-4-8-13-12-7-6-10(3)9-11(12)5-2;1-4-2-3-4;1-2/h3-4,9H,5-8H2,1-2H3;5-7,9,13H,2,4,8H2,1,3H3;4H,2-3H2,1H3;1-2H2. The maximum Gasteiger partial charge on any atom is 0.159 e. The lowest BCUT2D eigenvalue weighted by Gasteiger charge is -2.34. The Balaban J connectivity index is 0.000000300. The molecular formula is C31H46FN3O. The molecule has 2 fully saturated rings. The van der Waals surface area contributed by atoms with Crippen LogP contribution >= 0.6 is 0 Å². The van der Waals surface area contributed by atoms with Crippen molar-refractivity contribution in [2.45, 2.75) is 47.0 Å². The first kappa shape index (κ1) is 31.1. The number of hydrogen-bond donors (Lipinski definition) is 1. The fraction of sp³-hybridized carbons (Fsp3) is 0.452. The van der Waals surface area contributed by atoms with Crippen LogP contribution in [0.15, 0.2) is 56.1 Å². The Hall–Kier alpha value is -2.92. The molecule has 1 saturated heterocycles. The molecule has 0 radical (unpaired) electrons. The van der Waals surface area contributed by atoms with E-state index >= 15 is 0 Å². The van der Waals surface area contributed by atoms with Crippen LogP contribution < -0.4 is 10.2 Å². The summed E-state index contributed by atoms with van der Waals surface area (Å²) in [5.41, 5.74) is 4.68. The summed E-state index contributed by atoms with van der Waals surface area (Å²) < 4.78 is 13.9. The zero-order valence-electron chi connectivity index (χ0n) is 23.1. The van der Waals surface area contributed by atoms with E-state index in [0.29, 0.717) is 11.3 Å². The molecule has 0 amide bonds. The van der Waals surface area contributed by atoms with E-state index in [1.165, 1.54) is 42.6 Å². The number of aryl methyl sites for hydroxylation is 1. The van der Waals surface area contributed by atoms with Gasteiger partial charge in [-0.05, 0) is 69.1 Å². The molecule has 1 N–H and O–H groups in total. The van der Waals surface area contributed by atoms with E-state index < -0.39 is 0 Å². The van der Waals surface area contributed by atoms with E-state index in [1.807, 2.05) is 11.0 Å². The van der Waals surface area contributed by atoms with E-state index in [-0.39, 0.29) is 11.6 Å². The van der Waals surface area contributed by atoms with Crippen LogP contribution in [0.5, 0.6) is 0 Å². The van der Waals surface area contributed by atoms with Gasteiger partial charge >= 0.3 is 0 Å². The lowest BCUT2D eigenvalue weighted by molar-refractivity contribution is 0.101. The Kier molecular flexibility index (Phi) is 14.4. The van der Waals surface area contributed by atoms with Crippen LogP contribution in [0, 0.1) is 18.7 Å². The maximum absolute atomic E-state index is 13.9. The maximum atomic E-state index is 13.9. The predicted molar refractivity (Wildman–Crippen MR) is 156 cm³/mol. The van der Waals surface area contributed by atoms with Crippen LogP contribution in [0.1, 0.15) is 61.5 Å². The Morgan fingerprint density at radius 1 is 1.11 bits per heavy atom. The van der Waals surface area contributed by atoms with E-state index in [2.05, 4.69) is 76.0 Å². The highest BCUT2D eigenvalue weighted by atomic mass is 19.1. The van der Waals surface area contributed by atoms with Gasteiger partial charge in [0.2, 0.25) is 0 Å². The average Bonchev–Trinajstić information content (AvgIpc) is 3.67. The molecular weight excluding hydrogens is 449 g/mol. The Bertz CT molecular complexity index is 947. The van der Waals surface area contributed by atoms with Gasteiger partial charge in [0.25, 0.3) is 0 Å². The molecule has 1 aliphatic heterocycles. The predicted octanol–water partition coefficient (Wildman–Crippen LogP) is 7.46. The molecule has 1 saturated carbocycles. The molecule has 0 spiro atoms. The summed E-state index contributed by atoms with van der Waals surface area (Å²) in [6, 6.07) is 11.1. The number of rotatable bonds is 6. The minimum atomic E-state index is -0.303. The molecule has 0 atom stereocenters. The number of carbonyl (C=O) groups excluding carboxylic acids is 1. The molecule has 36 heavy (non-hydrogen) atoms. The van der Waals surface area contributed by atoms with Crippen molar-refractivity contribution in [3.63, 3.8) is 0 Å². The fourth-order valence-corrected chi connectivity index (χ4v) is 3.47. The molecule has 2 aromatic rings. The summed E-state index contributed by atoms with van der Waals surface area (Å²) >= 11 is 0. The van der Waals surface area contributed by atoms with E-state index in [9.17, 15) is 9.18 Å². The number of piperazine rings is 1. The highest BCUT2D eigenvalue weighted by Gasteiger charge is 2.17. The van der Waals surface area contributed by atoms with Crippen molar-refractivity contribution in [2.24, 2.45) is 5.92 Å². The van der Waals surface area contributed by atoms with Gasteiger partial charge in [-0.1, -0.05) is 51.0 Å². The van der Waals surface area contributed by atoms with Gasteiger partial charge in [0.1, 0.15) is 5.82 Å². The van der Waals surface area contributed by atoms with Gasteiger partial charge in [0.05, 0.1) is 5.69 Å². The molecule has 2 aromatic carbocycles. The second kappa shape index (κ2) is 16.7. The number of carbonyl (C=O) groups is 1. The Morgan fingerprint density at radius 2 is 1.72 bits per heavy atom. The molecule has 198 valence electrons. The van der Waals surface area contributed by atoms with Gasteiger partial charge in [-0.15, -0.1) is 13.2 Å². The number of halogens is 1. The molecule has 2 aliphatic rings. The molecule has 4 nitrogen and oxygen atoms in total. The SMILES string of the molecule is C=C.C=Cc1cc(C)ccc1NCCC.CC(=O)c1ccc(N2CCN(C)CC2)c(F)c1.CC1CC1. The number of benzene rings is 2. The summed E-state index contributed by atoms with van der Waals surface area (Å²) in [7, 11) is 2.06. The second-order valence-corrected chi connectivity index (χ2v) is 9.42. The molecule has 0 bridgehead atoms. The van der Waals surface area contributed by atoms with Gasteiger partial charge in [-0.25, -0.2) is 4.39 Å². The molecule has 5 heteroatoms. The van der Waals surface area contributed by atoms with Crippen LogP contribution in [0.2, 0.25) is 0 Å². The molecule has 1 heterocycles. The van der Waals surface area contributed by atoms with Gasteiger partial charge in [-0.3, -0.25) is 4.79 Å². The van der Waals surface area contributed by atoms with Gasteiger partial charge in [0.15, 0.2) is 5.78 Å². The van der Waals surface area contributed by atoms with Crippen LogP contribution in [0.25, 0.3) is 6.08 Å². The monoisotopic (exact) mass is 495 g/mol. The van der Waals surface area contributed by atoms with Crippen molar-refractivity contribution >= 4 is 23.2 Å². The van der Waals surface area contributed by atoms with Crippen LogP contribution in [0.3, 0.4) is 0 Å². The number of ketones is 1. The number of nitrogens with one attached hydrogen (secondary N) is 1. The third kappa shape index (κ3) is 11.2. The van der Waals surface area contributed by atoms with E-state index in [1.54, 1.807) is 12.1 Å². The van der Waals surface area contributed by atoms with Crippen molar-refractivity contribution in [1.82, 2.24) is 4.90 Å². The summed E-state index contributed by atoms with van der Waals surface area (Å²) in [6.07, 6.45) is 6.01. The summed E-state index contributed by atoms with van der Waals surface area (Å²) in [5, 5.41) is 3.37. The van der Waals surface area contributed by atoms with Gasteiger partial charge in [0, 0.05) is 44.0 Å². The third-order valence-electron chi connectivity index (χ3n) is 6.06. The van der Waals surface area contributed by atoms with Crippen molar-refractivity contribution in [2.75, 3.05) is 50.0 Å². The van der Waals surface area contributed by atoms with Crippen molar-refractivity contribution < 1.29 is 9.18 Å². The molecule has 4 rings (SSSR count). The number of anilines is 2. The Labute approximate surface area is 218 Å². The second-order valence-electron chi connectivity index (χ2n) is 9.42. The van der Waals surface area contributed by atoms with Crippen LogP contribution in [-0.4, -0.2) is 50.5 Å². The lowest BCUT2D eigenvalue weighted by Crippen LogP contribution is -2.44. The quantitative estimate of drug-likeness (QED) is 0.333.